The summed E-state index contributed by atoms with van der Waals surface area (Å²) in [6, 6.07) is 0.472. The van der Waals surface area contributed by atoms with Crippen molar-refractivity contribution in [2.24, 2.45) is 11.8 Å². The Kier molecular flexibility index (Phi) is 3.32. The van der Waals surface area contributed by atoms with Crippen LogP contribution < -0.4 is 0 Å². The van der Waals surface area contributed by atoms with Crippen molar-refractivity contribution in [2.45, 2.75) is 57.9 Å². The maximum Gasteiger partial charge on any atom is 0.225 e. The Balaban J connectivity index is 1.87. The van der Waals surface area contributed by atoms with Gasteiger partial charge in [-0.05, 0) is 38.5 Å². The number of carbonyl (C=O) groups is 1. The Labute approximate surface area is 93.0 Å². The molecular weight excluding hydrogens is 186 g/mol. The predicted molar refractivity (Wildman–Crippen MR) is 61.5 cm³/mol. The first-order chi connectivity index (χ1) is 7.20. The van der Waals surface area contributed by atoms with E-state index in [1.54, 1.807) is 0 Å². The molecule has 0 spiro atoms. The van der Waals surface area contributed by atoms with Gasteiger partial charge in [-0.3, -0.25) is 4.79 Å². The second kappa shape index (κ2) is 4.54. The van der Waals surface area contributed by atoms with E-state index >= 15 is 0 Å². The van der Waals surface area contributed by atoms with Gasteiger partial charge < -0.3 is 4.90 Å². The summed E-state index contributed by atoms with van der Waals surface area (Å²) in [4.78, 5) is 14.2. The summed E-state index contributed by atoms with van der Waals surface area (Å²) >= 11 is 0. The van der Waals surface area contributed by atoms with Crippen LogP contribution in [0.1, 0.15) is 51.9 Å². The smallest absolute Gasteiger partial charge is 0.225 e. The maximum atomic E-state index is 12.2. The van der Waals surface area contributed by atoms with Crippen molar-refractivity contribution in [1.82, 2.24) is 4.90 Å². The van der Waals surface area contributed by atoms with E-state index in [2.05, 4.69) is 6.92 Å². The first-order valence-corrected chi connectivity index (χ1v) is 6.47. The third-order valence-electron chi connectivity index (χ3n) is 4.22. The SMILES string of the molecule is CC(C1CC1)N(C)C(=O)C1CCCCC1. The van der Waals surface area contributed by atoms with E-state index in [0.29, 0.717) is 17.9 Å². The van der Waals surface area contributed by atoms with Crippen molar-refractivity contribution in [2.75, 3.05) is 7.05 Å². The largest absolute Gasteiger partial charge is 0.343 e. The van der Waals surface area contributed by atoms with Crippen molar-refractivity contribution < 1.29 is 4.79 Å². The van der Waals surface area contributed by atoms with Crippen LogP contribution in [0.15, 0.2) is 0 Å². The van der Waals surface area contributed by atoms with Crippen molar-refractivity contribution in [3.8, 4) is 0 Å². The molecule has 0 saturated heterocycles. The number of amides is 1. The molecule has 1 unspecified atom stereocenters. The van der Waals surface area contributed by atoms with E-state index < -0.39 is 0 Å². The summed E-state index contributed by atoms with van der Waals surface area (Å²) in [5, 5.41) is 0. The first-order valence-electron chi connectivity index (χ1n) is 6.47. The zero-order valence-electron chi connectivity index (χ0n) is 10.0. The second-order valence-corrected chi connectivity index (χ2v) is 5.36. The Morgan fingerprint density at radius 2 is 1.73 bits per heavy atom. The Hall–Kier alpha value is -0.530. The molecule has 0 heterocycles. The molecule has 0 N–H and O–H groups in total. The summed E-state index contributed by atoms with van der Waals surface area (Å²) in [7, 11) is 2.00. The zero-order valence-corrected chi connectivity index (χ0v) is 10.0. The Morgan fingerprint density at radius 1 is 1.13 bits per heavy atom. The van der Waals surface area contributed by atoms with Crippen LogP contribution in [-0.4, -0.2) is 23.9 Å². The van der Waals surface area contributed by atoms with Crippen molar-refractivity contribution in [1.29, 1.82) is 0 Å². The van der Waals surface area contributed by atoms with E-state index in [4.69, 9.17) is 0 Å². The average Bonchev–Trinajstić information content (AvgIpc) is 3.11. The summed E-state index contributed by atoms with van der Waals surface area (Å²) in [6.45, 7) is 2.21. The van der Waals surface area contributed by atoms with Gasteiger partial charge in [0.05, 0.1) is 0 Å². The zero-order chi connectivity index (χ0) is 10.8. The number of carbonyl (C=O) groups excluding carboxylic acids is 1. The number of hydrogen-bond acceptors (Lipinski definition) is 1. The molecule has 1 atom stereocenters. The lowest BCUT2D eigenvalue weighted by Gasteiger charge is -2.30. The summed E-state index contributed by atoms with van der Waals surface area (Å²) < 4.78 is 0. The lowest BCUT2D eigenvalue weighted by molar-refractivity contribution is -0.137. The van der Waals surface area contributed by atoms with Gasteiger partial charge in [0, 0.05) is 19.0 Å². The fourth-order valence-electron chi connectivity index (χ4n) is 2.73. The van der Waals surface area contributed by atoms with Crippen molar-refractivity contribution >= 4 is 5.91 Å². The van der Waals surface area contributed by atoms with Crippen LogP contribution in [0.5, 0.6) is 0 Å². The third-order valence-corrected chi connectivity index (χ3v) is 4.22. The molecule has 2 rings (SSSR count). The lowest BCUT2D eigenvalue weighted by Crippen LogP contribution is -2.40. The van der Waals surface area contributed by atoms with Gasteiger partial charge in [-0.15, -0.1) is 0 Å². The van der Waals surface area contributed by atoms with Crippen LogP contribution in [0, 0.1) is 11.8 Å². The molecule has 2 heteroatoms. The molecule has 86 valence electrons. The maximum absolute atomic E-state index is 12.2. The van der Waals surface area contributed by atoms with Gasteiger partial charge in [0.2, 0.25) is 5.91 Å². The first kappa shape index (κ1) is 11.0. The van der Waals surface area contributed by atoms with Gasteiger partial charge in [0.25, 0.3) is 0 Å². The number of nitrogens with zero attached hydrogens (tertiary/aromatic N) is 1. The van der Waals surface area contributed by atoms with Gasteiger partial charge in [-0.1, -0.05) is 19.3 Å². The molecule has 0 aliphatic heterocycles. The van der Waals surface area contributed by atoms with Gasteiger partial charge in [0.1, 0.15) is 0 Å². The molecule has 2 nitrogen and oxygen atoms in total. The van der Waals surface area contributed by atoms with Crippen LogP contribution >= 0.6 is 0 Å². The van der Waals surface area contributed by atoms with Crippen molar-refractivity contribution in [3.05, 3.63) is 0 Å². The molecule has 0 aromatic rings. The van der Waals surface area contributed by atoms with E-state index in [-0.39, 0.29) is 0 Å². The van der Waals surface area contributed by atoms with Crippen LogP contribution in [0.4, 0.5) is 0 Å². The summed E-state index contributed by atoms with van der Waals surface area (Å²) in [5.74, 6) is 1.54. The predicted octanol–water partition coefficient (Wildman–Crippen LogP) is 2.82. The minimum atomic E-state index is 0.338. The Bertz CT molecular complexity index is 229. The van der Waals surface area contributed by atoms with Gasteiger partial charge in [-0.2, -0.15) is 0 Å². The molecule has 15 heavy (non-hydrogen) atoms. The molecule has 0 aromatic heterocycles. The molecule has 0 radical (unpaired) electrons. The van der Waals surface area contributed by atoms with Gasteiger partial charge >= 0.3 is 0 Å². The monoisotopic (exact) mass is 209 g/mol. The lowest BCUT2D eigenvalue weighted by atomic mass is 9.88. The highest BCUT2D eigenvalue weighted by Gasteiger charge is 2.34. The topological polar surface area (TPSA) is 20.3 Å². The molecule has 0 bridgehead atoms. The minimum Gasteiger partial charge on any atom is -0.343 e. The van der Waals surface area contributed by atoms with Gasteiger partial charge in [-0.25, -0.2) is 0 Å². The van der Waals surface area contributed by atoms with Gasteiger partial charge in [0.15, 0.2) is 0 Å². The average molecular weight is 209 g/mol. The van der Waals surface area contributed by atoms with E-state index in [9.17, 15) is 4.79 Å². The van der Waals surface area contributed by atoms with Crippen LogP contribution in [0.3, 0.4) is 0 Å². The highest BCUT2D eigenvalue weighted by molar-refractivity contribution is 5.79. The highest BCUT2D eigenvalue weighted by atomic mass is 16.2. The Morgan fingerprint density at radius 3 is 2.27 bits per heavy atom. The van der Waals surface area contributed by atoms with Crippen LogP contribution in [0.25, 0.3) is 0 Å². The summed E-state index contributed by atoms with van der Waals surface area (Å²) in [5.41, 5.74) is 0. The second-order valence-electron chi connectivity index (χ2n) is 5.36. The fraction of sp³-hybridized carbons (Fsp3) is 0.923. The minimum absolute atomic E-state index is 0.338. The molecule has 2 aliphatic carbocycles. The van der Waals surface area contributed by atoms with E-state index in [0.717, 1.165) is 18.8 Å². The van der Waals surface area contributed by atoms with Crippen molar-refractivity contribution in [3.63, 3.8) is 0 Å². The molecule has 2 fully saturated rings. The number of hydrogen-bond donors (Lipinski definition) is 0. The number of rotatable bonds is 3. The highest BCUT2D eigenvalue weighted by Crippen LogP contribution is 2.36. The third kappa shape index (κ3) is 2.53. The standard InChI is InChI=1S/C13H23NO/c1-10(11-8-9-11)14(2)13(15)12-6-4-3-5-7-12/h10-12H,3-9H2,1-2H3. The normalized spacial score (nSPS) is 24.9. The van der Waals surface area contributed by atoms with E-state index in [1.807, 2.05) is 11.9 Å². The van der Waals surface area contributed by atoms with E-state index in [1.165, 1.54) is 32.1 Å². The quantitative estimate of drug-likeness (QED) is 0.700. The molecule has 2 aliphatic rings. The van der Waals surface area contributed by atoms with Crippen LogP contribution in [0.2, 0.25) is 0 Å². The molecular formula is C13H23NO. The fourth-order valence-corrected chi connectivity index (χ4v) is 2.73. The molecule has 1 amide bonds. The summed E-state index contributed by atoms with van der Waals surface area (Å²) in [6.07, 6.45) is 8.73. The molecule has 0 aromatic carbocycles. The molecule has 2 saturated carbocycles. The van der Waals surface area contributed by atoms with Crippen LogP contribution in [-0.2, 0) is 4.79 Å².